The van der Waals surface area contributed by atoms with Gasteiger partial charge in [-0.2, -0.15) is 0 Å². The molecule has 0 spiro atoms. The van der Waals surface area contributed by atoms with Gasteiger partial charge >= 0.3 is 5.97 Å². The van der Waals surface area contributed by atoms with Gasteiger partial charge in [0.25, 0.3) is 5.91 Å². The van der Waals surface area contributed by atoms with Crippen molar-refractivity contribution in [3.8, 4) is 5.75 Å². The number of ether oxygens (including phenoxy) is 1. The lowest BCUT2D eigenvalue weighted by atomic mass is 10.0. The van der Waals surface area contributed by atoms with Gasteiger partial charge in [-0.15, -0.1) is 0 Å². The Labute approximate surface area is 135 Å². The smallest absolute Gasteiger partial charge is 0.326 e. The Kier molecular flexibility index (Phi) is 5.36. The number of benzene rings is 2. The van der Waals surface area contributed by atoms with Crippen LogP contribution in [-0.2, 0) is 11.2 Å². The molecule has 1 N–H and O–H groups in total. The second-order valence-corrected chi connectivity index (χ2v) is 5.15. The lowest BCUT2D eigenvalue weighted by Gasteiger charge is -2.25. The third-order valence-corrected chi connectivity index (χ3v) is 3.70. The summed E-state index contributed by atoms with van der Waals surface area (Å²) < 4.78 is 5.25. The second-order valence-electron chi connectivity index (χ2n) is 5.15. The van der Waals surface area contributed by atoms with Crippen molar-refractivity contribution >= 4 is 11.9 Å². The summed E-state index contributed by atoms with van der Waals surface area (Å²) in [6.45, 7) is 0. The molecule has 0 saturated heterocycles. The van der Waals surface area contributed by atoms with Gasteiger partial charge in [0, 0.05) is 19.0 Å². The second kappa shape index (κ2) is 7.45. The van der Waals surface area contributed by atoms with E-state index in [0.717, 1.165) is 5.56 Å². The van der Waals surface area contributed by atoms with E-state index in [1.807, 2.05) is 12.1 Å². The van der Waals surface area contributed by atoms with Crippen molar-refractivity contribution in [1.82, 2.24) is 4.90 Å². The zero-order chi connectivity index (χ0) is 16.8. The molecule has 0 aliphatic heterocycles. The summed E-state index contributed by atoms with van der Waals surface area (Å²) in [5.74, 6) is -0.769. The highest BCUT2D eigenvalue weighted by Crippen LogP contribution is 2.21. The van der Waals surface area contributed by atoms with E-state index in [1.54, 1.807) is 42.5 Å². The van der Waals surface area contributed by atoms with Gasteiger partial charge in [0.2, 0.25) is 0 Å². The third kappa shape index (κ3) is 3.88. The van der Waals surface area contributed by atoms with E-state index in [4.69, 9.17) is 4.74 Å². The predicted octanol–water partition coefficient (Wildman–Crippen LogP) is 2.46. The fourth-order valence-corrected chi connectivity index (χ4v) is 2.40. The van der Waals surface area contributed by atoms with Crippen molar-refractivity contribution in [1.29, 1.82) is 0 Å². The highest BCUT2D eigenvalue weighted by atomic mass is 16.5. The number of carbonyl (C=O) groups is 2. The molecule has 5 heteroatoms. The number of likely N-dealkylation sites (N-methyl/N-ethyl adjacent to an activating group) is 1. The summed E-state index contributed by atoms with van der Waals surface area (Å²) >= 11 is 0. The van der Waals surface area contributed by atoms with Crippen LogP contribution in [0.2, 0.25) is 0 Å². The van der Waals surface area contributed by atoms with Crippen LogP contribution in [0.3, 0.4) is 0 Å². The van der Waals surface area contributed by atoms with Gasteiger partial charge in [0.15, 0.2) is 0 Å². The lowest BCUT2D eigenvalue weighted by Crippen LogP contribution is -2.43. The maximum atomic E-state index is 12.5. The van der Waals surface area contributed by atoms with Crippen molar-refractivity contribution < 1.29 is 19.4 Å². The maximum absolute atomic E-state index is 12.5. The number of nitrogens with zero attached hydrogens (tertiary/aromatic N) is 1. The number of para-hydroxylation sites is 1. The highest BCUT2D eigenvalue weighted by molar-refractivity contribution is 5.96. The molecule has 0 unspecified atom stereocenters. The van der Waals surface area contributed by atoms with E-state index in [0.29, 0.717) is 11.3 Å². The largest absolute Gasteiger partial charge is 0.496 e. The van der Waals surface area contributed by atoms with Crippen LogP contribution >= 0.6 is 0 Å². The minimum Gasteiger partial charge on any atom is -0.496 e. The topological polar surface area (TPSA) is 66.8 Å². The molecule has 0 aliphatic rings. The summed E-state index contributed by atoms with van der Waals surface area (Å²) in [4.78, 5) is 25.4. The summed E-state index contributed by atoms with van der Waals surface area (Å²) in [7, 11) is 3.04. The molecule has 0 radical (unpaired) electrons. The minimum absolute atomic E-state index is 0.175. The quantitative estimate of drug-likeness (QED) is 0.889. The van der Waals surface area contributed by atoms with Crippen LogP contribution in [0.4, 0.5) is 0 Å². The molecule has 1 atom stereocenters. The monoisotopic (exact) mass is 313 g/mol. The number of methoxy groups -OCH3 is 1. The molecule has 2 rings (SSSR count). The molecule has 120 valence electrons. The number of aliphatic carboxylic acids is 1. The van der Waals surface area contributed by atoms with E-state index < -0.39 is 12.0 Å². The molecule has 1 amide bonds. The molecule has 0 saturated carbocycles. The van der Waals surface area contributed by atoms with Crippen molar-refractivity contribution in [2.24, 2.45) is 0 Å². The van der Waals surface area contributed by atoms with Gasteiger partial charge in [-0.1, -0.05) is 36.4 Å². The van der Waals surface area contributed by atoms with Gasteiger partial charge in [0.1, 0.15) is 11.8 Å². The molecular formula is C18H19NO4. The summed E-state index contributed by atoms with van der Waals surface area (Å²) in [6, 6.07) is 14.9. The van der Waals surface area contributed by atoms with Gasteiger partial charge in [-0.3, -0.25) is 4.79 Å². The fraction of sp³-hybridized carbons (Fsp3) is 0.222. The summed E-state index contributed by atoms with van der Waals surface area (Å²) in [5, 5.41) is 9.53. The number of rotatable bonds is 6. The van der Waals surface area contributed by atoms with Crippen molar-refractivity contribution in [3.05, 3.63) is 65.7 Å². The number of amides is 1. The molecule has 0 aliphatic carbocycles. The number of hydrogen-bond donors (Lipinski definition) is 1. The Morgan fingerprint density at radius 2 is 1.70 bits per heavy atom. The van der Waals surface area contributed by atoms with Gasteiger partial charge in [-0.05, 0) is 23.8 Å². The van der Waals surface area contributed by atoms with Crippen LogP contribution in [0.15, 0.2) is 54.6 Å². The molecule has 0 aromatic heterocycles. The fourth-order valence-electron chi connectivity index (χ4n) is 2.40. The average Bonchev–Trinajstić information content (AvgIpc) is 2.59. The van der Waals surface area contributed by atoms with E-state index in [9.17, 15) is 14.7 Å². The first kappa shape index (κ1) is 16.5. The Balaban J connectivity index is 2.24. The van der Waals surface area contributed by atoms with Crippen LogP contribution in [0.1, 0.15) is 15.9 Å². The molecule has 0 heterocycles. The average molecular weight is 313 g/mol. The molecule has 0 bridgehead atoms. The standard InChI is InChI=1S/C18H19NO4/c1-19(17(20)13-8-4-3-5-9-13)15(18(21)22)12-14-10-6-7-11-16(14)23-2/h3-11,15H,12H2,1-2H3,(H,21,22)/t15-/m0/s1. The lowest BCUT2D eigenvalue weighted by molar-refractivity contribution is -0.141. The Hall–Kier alpha value is -2.82. The number of hydrogen-bond acceptors (Lipinski definition) is 3. The van der Waals surface area contributed by atoms with Crippen LogP contribution in [0.25, 0.3) is 0 Å². The minimum atomic E-state index is -1.05. The summed E-state index contributed by atoms with van der Waals surface area (Å²) in [5.41, 5.74) is 1.20. The van der Waals surface area contributed by atoms with Crippen molar-refractivity contribution in [2.45, 2.75) is 12.5 Å². The molecule has 0 fully saturated rings. The van der Waals surface area contributed by atoms with Crippen LogP contribution in [-0.4, -0.2) is 42.1 Å². The van der Waals surface area contributed by atoms with Crippen molar-refractivity contribution in [2.75, 3.05) is 14.2 Å². The molecule has 2 aromatic rings. The molecule has 2 aromatic carbocycles. The van der Waals surface area contributed by atoms with Crippen molar-refractivity contribution in [3.63, 3.8) is 0 Å². The predicted molar refractivity (Wildman–Crippen MR) is 86.7 cm³/mol. The number of carbonyl (C=O) groups excluding carboxylic acids is 1. The first-order valence-electron chi connectivity index (χ1n) is 7.21. The Morgan fingerprint density at radius 3 is 2.30 bits per heavy atom. The first-order chi connectivity index (χ1) is 11.0. The molecule has 5 nitrogen and oxygen atoms in total. The zero-order valence-corrected chi connectivity index (χ0v) is 13.1. The van der Waals surface area contributed by atoms with E-state index in [1.165, 1.54) is 19.1 Å². The Bertz CT molecular complexity index is 684. The van der Waals surface area contributed by atoms with Gasteiger partial charge in [-0.25, -0.2) is 4.79 Å². The van der Waals surface area contributed by atoms with Gasteiger partial charge in [0.05, 0.1) is 7.11 Å². The normalized spacial score (nSPS) is 11.6. The molecular weight excluding hydrogens is 294 g/mol. The third-order valence-electron chi connectivity index (χ3n) is 3.70. The van der Waals surface area contributed by atoms with Crippen LogP contribution < -0.4 is 4.74 Å². The zero-order valence-electron chi connectivity index (χ0n) is 13.1. The Morgan fingerprint density at radius 1 is 1.09 bits per heavy atom. The van der Waals surface area contributed by atoms with Crippen LogP contribution in [0.5, 0.6) is 5.75 Å². The van der Waals surface area contributed by atoms with Crippen LogP contribution in [0, 0.1) is 0 Å². The first-order valence-corrected chi connectivity index (χ1v) is 7.21. The SMILES string of the molecule is COc1ccccc1C[C@@H](C(=O)O)N(C)C(=O)c1ccccc1. The molecule has 23 heavy (non-hydrogen) atoms. The van der Waals surface area contributed by atoms with Gasteiger partial charge < -0.3 is 14.7 Å². The maximum Gasteiger partial charge on any atom is 0.326 e. The number of carboxylic acids is 1. The summed E-state index contributed by atoms with van der Waals surface area (Å²) in [6.07, 6.45) is 0.175. The van der Waals surface area contributed by atoms with E-state index >= 15 is 0 Å². The number of carboxylic acid groups (broad SMARTS) is 1. The van der Waals surface area contributed by atoms with E-state index in [-0.39, 0.29) is 12.3 Å². The van der Waals surface area contributed by atoms with E-state index in [2.05, 4.69) is 0 Å². The highest BCUT2D eigenvalue weighted by Gasteiger charge is 2.28.